The summed E-state index contributed by atoms with van der Waals surface area (Å²) in [6.07, 6.45) is 14.0. The van der Waals surface area contributed by atoms with E-state index in [2.05, 4.69) is 6.58 Å². The molecule has 0 N–H and O–H groups in total. The number of carbonyl (C=O) groups is 2. The van der Waals surface area contributed by atoms with Gasteiger partial charge in [0, 0.05) is 18.7 Å². The molecule has 0 saturated carbocycles. The van der Waals surface area contributed by atoms with E-state index in [1.165, 1.54) is 49.2 Å². The van der Waals surface area contributed by atoms with Crippen molar-refractivity contribution in [3.05, 3.63) is 24.8 Å². The minimum atomic E-state index is -0.163. The molecule has 3 nitrogen and oxygen atoms in total. The summed E-state index contributed by atoms with van der Waals surface area (Å²) >= 11 is 0. The van der Waals surface area contributed by atoms with Crippen molar-refractivity contribution in [3.8, 4) is 0 Å². The van der Waals surface area contributed by atoms with Gasteiger partial charge >= 0.3 is 0 Å². The van der Waals surface area contributed by atoms with E-state index in [9.17, 15) is 9.59 Å². The lowest BCUT2D eigenvalue weighted by Gasteiger charge is -2.12. The fraction of sp³-hybridized carbons (Fsp3) is 0.600. The van der Waals surface area contributed by atoms with Crippen LogP contribution in [0.3, 0.4) is 0 Å². The highest BCUT2D eigenvalue weighted by Crippen LogP contribution is 2.10. The zero-order chi connectivity index (χ0) is 13.2. The average Bonchev–Trinajstić information content (AvgIpc) is 2.68. The van der Waals surface area contributed by atoms with Crippen molar-refractivity contribution in [2.75, 3.05) is 6.54 Å². The predicted molar refractivity (Wildman–Crippen MR) is 73.0 cm³/mol. The first kappa shape index (κ1) is 14.7. The van der Waals surface area contributed by atoms with Crippen molar-refractivity contribution in [1.82, 2.24) is 4.90 Å². The Morgan fingerprint density at radius 3 is 1.94 bits per heavy atom. The monoisotopic (exact) mass is 249 g/mol. The molecule has 0 radical (unpaired) electrons. The molecule has 0 aromatic rings. The summed E-state index contributed by atoms with van der Waals surface area (Å²) in [6.45, 7) is 4.27. The van der Waals surface area contributed by atoms with E-state index in [0.717, 1.165) is 19.3 Å². The maximum atomic E-state index is 11.3. The van der Waals surface area contributed by atoms with Gasteiger partial charge in [0.2, 0.25) is 0 Å². The molecule has 0 spiro atoms. The maximum Gasteiger partial charge on any atom is 0.253 e. The normalized spacial score (nSPS) is 14.6. The molecule has 1 aliphatic heterocycles. The van der Waals surface area contributed by atoms with E-state index in [-0.39, 0.29) is 11.8 Å². The first-order chi connectivity index (χ1) is 8.75. The SMILES string of the molecule is C=CCCCCCCCCCN1C(=O)C=CC1=O. The molecule has 0 atom stereocenters. The number of hydrogen-bond donors (Lipinski definition) is 0. The highest BCUT2D eigenvalue weighted by Gasteiger charge is 2.21. The van der Waals surface area contributed by atoms with E-state index < -0.39 is 0 Å². The van der Waals surface area contributed by atoms with Crippen LogP contribution < -0.4 is 0 Å². The molecule has 0 unspecified atom stereocenters. The van der Waals surface area contributed by atoms with Crippen molar-refractivity contribution in [2.24, 2.45) is 0 Å². The molecule has 0 aromatic heterocycles. The van der Waals surface area contributed by atoms with Crippen LogP contribution in [0.5, 0.6) is 0 Å². The van der Waals surface area contributed by atoms with Crippen molar-refractivity contribution in [2.45, 2.75) is 51.4 Å². The fourth-order valence-electron chi connectivity index (χ4n) is 2.09. The molecule has 0 aromatic carbocycles. The summed E-state index contributed by atoms with van der Waals surface area (Å²) in [5, 5.41) is 0. The van der Waals surface area contributed by atoms with E-state index in [1.54, 1.807) is 0 Å². The molecule has 1 rings (SSSR count). The van der Waals surface area contributed by atoms with Crippen LogP contribution in [0.4, 0.5) is 0 Å². The van der Waals surface area contributed by atoms with Crippen molar-refractivity contribution in [1.29, 1.82) is 0 Å². The lowest BCUT2D eigenvalue weighted by molar-refractivity contribution is -0.136. The third kappa shape index (κ3) is 5.30. The molecule has 1 heterocycles. The topological polar surface area (TPSA) is 37.4 Å². The Balaban J connectivity index is 1.91. The van der Waals surface area contributed by atoms with Gasteiger partial charge in [0.25, 0.3) is 11.8 Å². The Morgan fingerprint density at radius 2 is 1.39 bits per heavy atom. The predicted octanol–water partition coefficient (Wildman–Crippen LogP) is 3.22. The maximum absolute atomic E-state index is 11.3. The number of rotatable bonds is 10. The van der Waals surface area contributed by atoms with Gasteiger partial charge in [0.1, 0.15) is 0 Å². The highest BCUT2D eigenvalue weighted by atomic mass is 16.2. The summed E-state index contributed by atoms with van der Waals surface area (Å²) in [4.78, 5) is 23.8. The van der Waals surface area contributed by atoms with Crippen LogP contribution in [0, 0.1) is 0 Å². The van der Waals surface area contributed by atoms with Crippen molar-refractivity contribution in [3.63, 3.8) is 0 Å². The molecule has 100 valence electrons. The average molecular weight is 249 g/mol. The van der Waals surface area contributed by atoms with E-state index in [0.29, 0.717) is 6.54 Å². The quantitative estimate of drug-likeness (QED) is 0.339. The molecule has 0 aliphatic carbocycles. The summed E-state index contributed by atoms with van der Waals surface area (Å²) in [6, 6.07) is 0. The number of amides is 2. The van der Waals surface area contributed by atoms with Crippen molar-refractivity contribution < 1.29 is 9.59 Å². The summed E-state index contributed by atoms with van der Waals surface area (Å²) in [5.41, 5.74) is 0. The van der Waals surface area contributed by atoms with E-state index in [4.69, 9.17) is 0 Å². The molecule has 0 fully saturated rings. The standard InChI is InChI=1S/C15H23NO2/c1-2-3-4-5-6-7-8-9-10-13-16-14(17)11-12-15(16)18/h2,11-12H,1,3-10,13H2. The third-order valence-electron chi connectivity index (χ3n) is 3.19. The lowest BCUT2D eigenvalue weighted by atomic mass is 10.1. The Labute approximate surface area is 110 Å². The molecule has 18 heavy (non-hydrogen) atoms. The molecule has 0 saturated heterocycles. The van der Waals surface area contributed by atoms with Gasteiger partial charge in [-0.3, -0.25) is 14.5 Å². The zero-order valence-corrected chi connectivity index (χ0v) is 11.1. The number of carbonyl (C=O) groups excluding carboxylic acids is 2. The second-order valence-electron chi connectivity index (χ2n) is 4.71. The number of hydrogen-bond acceptors (Lipinski definition) is 2. The minimum absolute atomic E-state index is 0.163. The first-order valence-corrected chi connectivity index (χ1v) is 6.90. The van der Waals surface area contributed by atoms with E-state index in [1.807, 2.05) is 6.08 Å². The highest BCUT2D eigenvalue weighted by molar-refractivity contribution is 6.12. The van der Waals surface area contributed by atoms with Gasteiger partial charge in [-0.15, -0.1) is 6.58 Å². The largest absolute Gasteiger partial charge is 0.275 e. The second kappa shape index (κ2) is 8.67. The van der Waals surface area contributed by atoms with Crippen LogP contribution in [0.25, 0.3) is 0 Å². The smallest absolute Gasteiger partial charge is 0.253 e. The summed E-state index contributed by atoms with van der Waals surface area (Å²) in [7, 11) is 0. The van der Waals surface area contributed by atoms with Gasteiger partial charge in [-0.1, -0.05) is 38.2 Å². The Kier molecular flexibility index (Phi) is 7.07. The van der Waals surface area contributed by atoms with Crippen LogP contribution in [0.1, 0.15) is 51.4 Å². The van der Waals surface area contributed by atoms with Gasteiger partial charge in [0.05, 0.1) is 0 Å². The molecule has 1 aliphatic rings. The van der Waals surface area contributed by atoms with Crippen LogP contribution in [0.2, 0.25) is 0 Å². The molecule has 3 heteroatoms. The van der Waals surface area contributed by atoms with Gasteiger partial charge in [-0.25, -0.2) is 0 Å². The number of nitrogens with zero attached hydrogens (tertiary/aromatic N) is 1. The molecule has 0 bridgehead atoms. The summed E-state index contributed by atoms with van der Waals surface area (Å²) in [5.74, 6) is -0.325. The number of unbranched alkanes of at least 4 members (excludes halogenated alkanes) is 7. The van der Waals surface area contributed by atoms with Crippen LogP contribution in [-0.2, 0) is 9.59 Å². The van der Waals surface area contributed by atoms with Gasteiger partial charge in [-0.05, 0) is 19.3 Å². The molecular formula is C15H23NO2. The Hall–Kier alpha value is -1.38. The summed E-state index contributed by atoms with van der Waals surface area (Å²) < 4.78 is 0. The molecule has 2 amide bonds. The van der Waals surface area contributed by atoms with Gasteiger partial charge in [0.15, 0.2) is 0 Å². The van der Waals surface area contributed by atoms with Gasteiger partial charge < -0.3 is 0 Å². The van der Waals surface area contributed by atoms with Gasteiger partial charge in [-0.2, -0.15) is 0 Å². The van der Waals surface area contributed by atoms with Crippen LogP contribution >= 0.6 is 0 Å². The second-order valence-corrected chi connectivity index (χ2v) is 4.71. The van der Waals surface area contributed by atoms with Crippen LogP contribution in [-0.4, -0.2) is 23.3 Å². The fourth-order valence-corrected chi connectivity index (χ4v) is 2.09. The first-order valence-electron chi connectivity index (χ1n) is 6.90. The van der Waals surface area contributed by atoms with Crippen LogP contribution in [0.15, 0.2) is 24.8 Å². The minimum Gasteiger partial charge on any atom is -0.275 e. The third-order valence-corrected chi connectivity index (χ3v) is 3.19. The molecular weight excluding hydrogens is 226 g/mol. The van der Waals surface area contributed by atoms with E-state index >= 15 is 0 Å². The lowest BCUT2D eigenvalue weighted by Crippen LogP contribution is -2.30. The number of imide groups is 1. The number of allylic oxidation sites excluding steroid dienone is 1. The Morgan fingerprint density at radius 1 is 0.889 bits per heavy atom. The Bertz CT molecular complexity index is 302. The zero-order valence-electron chi connectivity index (χ0n) is 11.1. The van der Waals surface area contributed by atoms with Crippen molar-refractivity contribution >= 4 is 11.8 Å².